The molecule has 1 saturated heterocycles. The van der Waals surface area contributed by atoms with E-state index in [1.165, 1.54) is 0 Å². The van der Waals surface area contributed by atoms with Crippen LogP contribution in [0, 0.1) is 0 Å². The fraction of sp³-hybridized carbons (Fsp3) is 0.750. The Morgan fingerprint density at radius 2 is 2.36 bits per heavy atom. The van der Waals surface area contributed by atoms with E-state index >= 15 is 0 Å². The number of hydrogen-bond acceptors (Lipinski definition) is 4. The normalized spacial score (nSPS) is 20.5. The molecule has 1 atom stereocenters. The van der Waals surface area contributed by atoms with E-state index in [4.69, 9.17) is 0 Å². The molecular formula is C8H15N3O2S. The van der Waals surface area contributed by atoms with Gasteiger partial charge in [-0.2, -0.15) is 0 Å². The number of amides is 2. The summed E-state index contributed by atoms with van der Waals surface area (Å²) in [6.45, 7) is 0.404. The fourth-order valence-corrected chi connectivity index (χ4v) is 2.05. The molecule has 0 aliphatic carbocycles. The van der Waals surface area contributed by atoms with E-state index in [-0.39, 0.29) is 17.9 Å². The molecule has 1 heterocycles. The minimum absolute atomic E-state index is 0.0149. The summed E-state index contributed by atoms with van der Waals surface area (Å²) in [5.74, 6) is 1.57. The van der Waals surface area contributed by atoms with Gasteiger partial charge in [0.1, 0.15) is 0 Å². The van der Waals surface area contributed by atoms with Crippen LogP contribution >= 0.6 is 11.8 Å². The van der Waals surface area contributed by atoms with Gasteiger partial charge in [0.05, 0.1) is 6.04 Å². The van der Waals surface area contributed by atoms with Crippen molar-refractivity contribution in [2.75, 3.05) is 25.2 Å². The van der Waals surface area contributed by atoms with Crippen LogP contribution in [0.25, 0.3) is 0 Å². The van der Waals surface area contributed by atoms with Gasteiger partial charge in [0.2, 0.25) is 11.8 Å². The van der Waals surface area contributed by atoms with Gasteiger partial charge < -0.3 is 10.6 Å². The van der Waals surface area contributed by atoms with Crippen LogP contribution in [0.3, 0.4) is 0 Å². The van der Waals surface area contributed by atoms with E-state index < -0.39 is 0 Å². The summed E-state index contributed by atoms with van der Waals surface area (Å²) in [5.41, 5.74) is 0. The van der Waals surface area contributed by atoms with Gasteiger partial charge in [-0.3, -0.25) is 14.9 Å². The Morgan fingerprint density at radius 1 is 1.57 bits per heavy atom. The minimum Gasteiger partial charge on any atom is -0.359 e. The Labute approximate surface area is 87.4 Å². The molecule has 0 saturated carbocycles. The molecule has 0 bridgehead atoms. The van der Waals surface area contributed by atoms with Gasteiger partial charge in [0, 0.05) is 31.6 Å². The molecule has 1 aliphatic rings. The summed E-state index contributed by atoms with van der Waals surface area (Å²) in [6, 6.07) is -0.0929. The number of carbonyl (C=O) groups excluding carboxylic acids is 2. The highest BCUT2D eigenvalue weighted by Gasteiger charge is 2.21. The summed E-state index contributed by atoms with van der Waals surface area (Å²) >= 11 is 1.70. The van der Waals surface area contributed by atoms with Crippen molar-refractivity contribution < 1.29 is 9.59 Å². The largest absolute Gasteiger partial charge is 0.359 e. The molecule has 3 N–H and O–H groups in total. The Morgan fingerprint density at radius 3 is 2.93 bits per heavy atom. The highest BCUT2D eigenvalue weighted by molar-refractivity contribution is 7.99. The van der Waals surface area contributed by atoms with Crippen LogP contribution in [-0.4, -0.2) is 43.1 Å². The summed E-state index contributed by atoms with van der Waals surface area (Å²) in [5, 5.41) is 8.27. The lowest BCUT2D eigenvalue weighted by molar-refractivity contribution is -0.123. The highest BCUT2D eigenvalue weighted by Crippen LogP contribution is 2.08. The molecule has 80 valence electrons. The van der Waals surface area contributed by atoms with Gasteiger partial charge in [-0.15, -0.1) is 11.8 Å². The van der Waals surface area contributed by atoms with E-state index in [0.29, 0.717) is 13.0 Å². The van der Waals surface area contributed by atoms with Crippen LogP contribution in [0.5, 0.6) is 0 Å². The zero-order valence-corrected chi connectivity index (χ0v) is 8.95. The standard InChI is InChI=1S/C8H15N3O2S/c1-9-7(12)2-3-10-8(13)6-4-14-5-11-6/h6,11H,2-5H2,1H3,(H,9,12)(H,10,13). The lowest BCUT2D eigenvalue weighted by atomic mass is 10.3. The van der Waals surface area contributed by atoms with Crippen molar-refractivity contribution in [3.63, 3.8) is 0 Å². The summed E-state index contributed by atoms with van der Waals surface area (Å²) in [7, 11) is 1.58. The monoisotopic (exact) mass is 217 g/mol. The molecule has 0 aromatic rings. The van der Waals surface area contributed by atoms with Gasteiger partial charge in [0.25, 0.3) is 0 Å². The predicted molar refractivity (Wildman–Crippen MR) is 55.9 cm³/mol. The smallest absolute Gasteiger partial charge is 0.238 e. The Kier molecular flexibility index (Phi) is 4.75. The third-order valence-corrected chi connectivity index (χ3v) is 2.90. The molecule has 5 nitrogen and oxygen atoms in total. The molecule has 2 amide bonds. The Hall–Kier alpha value is -0.750. The van der Waals surface area contributed by atoms with Gasteiger partial charge in [-0.1, -0.05) is 0 Å². The minimum atomic E-state index is -0.0929. The van der Waals surface area contributed by atoms with Crippen molar-refractivity contribution in [2.45, 2.75) is 12.5 Å². The molecule has 14 heavy (non-hydrogen) atoms. The first kappa shape index (κ1) is 11.3. The maximum Gasteiger partial charge on any atom is 0.238 e. The van der Waals surface area contributed by atoms with Crippen LogP contribution in [-0.2, 0) is 9.59 Å². The Bertz CT molecular complexity index is 217. The van der Waals surface area contributed by atoms with Gasteiger partial charge in [0.15, 0.2) is 0 Å². The first-order valence-electron chi connectivity index (χ1n) is 4.53. The number of rotatable bonds is 4. The van der Waals surface area contributed by atoms with Crippen LogP contribution in [0.15, 0.2) is 0 Å². The van der Waals surface area contributed by atoms with E-state index in [9.17, 15) is 9.59 Å². The van der Waals surface area contributed by atoms with Crippen LogP contribution in [0.2, 0.25) is 0 Å². The zero-order chi connectivity index (χ0) is 10.4. The summed E-state index contributed by atoms with van der Waals surface area (Å²) < 4.78 is 0. The van der Waals surface area contributed by atoms with Crippen molar-refractivity contribution in [1.29, 1.82) is 0 Å². The third kappa shape index (κ3) is 3.55. The average Bonchev–Trinajstić information content (AvgIpc) is 2.70. The molecule has 1 rings (SSSR count). The number of hydrogen-bond donors (Lipinski definition) is 3. The SMILES string of the molecule is CNC(=O)CCNC(=O)C1CSCN1. The second kappa shape index (κ2) is 5.87. The summed E-state index contributed by atoms with van der Waals surface area (Å²) in [4.78, 5) is 22.2. The lowest BCUT2D eigenvalue weighted by Gasteiger charge is -2.09. The molecular weight excluding hydrogens is 202 g/mol. The molecule has 1 aliphatic heterocycles. The van der Waals surface area contributed by atoms with E-state index in [1.807, 2.05) is 0 Å². The van der Waals surface area contributed by atoms with Crippen LogP contribution in [0.1, 0.15) is 6.42 Å². The second-order valence-electron chi connectivity index (χ2n) is 2.99. The molecule has 0 aromatic carbocycles. The lowest BCUT2D eigenvalue weighted by Crippen LogP contribution is -2.43. The third-order valence-electron chi connectivity index (χ3n) is 1.96. The van der Waals surface area contributed by atoms with Crippen molar-refractivity contribution in [1.82, 2.24) is 16.0 Å². The van der Waals surface area contributed by atoms with E-state index in [2.05, 4.69) is 16.0 Å². The molecule has 1 fully saturated rings. The molecule has 0 aromatic heterocycles. The molecule has 1 unspecified atom stereocenters. The van der Waals surface area contributed by atoms with E-state index in [0.717, 1.165) is 11.6 Å². The van der Waals surface area contributed by atoms with Crippen molar-refractivity contribution in [3.05, 3.63) is 0 Å². The Balaban J connectivity index is 2.11. The molecule has 6 heteroatoms. The number of thioether (sulfide) groups is 1. The van der Waals surface area contributed by atoms with Crippen molar-refractivity contribution in [3.8, 4) is 0 Å². The van der Waals surface area contributed by atoms with Crippen LogP contribution < -0.4 is 16.0 Å². The zero-order valence-electron chi connectivity index (χ0n) is 8.13. The quantitative estimate of drug-likeness (QED) is 0.559. The van der Waals surface area contributed by atoms with E-state index in [1.54, 1.807) is 18.8 Å². The maximum absolute atomic E-state index is 11.4. The maximum atomic E-state index is 11.4. The summed E-state index contributed by atoms with van der Waals surface area (Å²) in [6.07, 6.45) is 0.335. The first-order valence-corrected chi connectivity index (χ1v) is 5.69. The topological polar surface area (TPSA) is 70.2 Å². The number of nitrogens with one attached hydrogen (secondary N) is 3. The number of carbonyl (C=O) groups is 2. The van der Waals surface area contributed by atoms with Gasteiger partial charge in [-0.05, 0) is 0 Å². The first-order chi connectivity index (χ1) is 6.74. The predicted octanol–water partition coefficient (Wildman–Crippen LogP) is -1.10. The highest BCUT2D eigenvalue weighted by atomic mass is 32.2. The van der Waals surface area contributed by atoms with Crippen molar-refractivity contribution >= 4 is 23.6 Å². The van der Waals surface area contributed by atoms with Crippen molar-refractivity contribution in [2.24, 2.45) is 0 Å². The van der Waals surface area contributed by atoms with Gasteiger partial charge in [-0.25, -0.2) is 0 Å². The molecule has 0 spiro atoms. The average molecular weight is 217 g/mol. The molecule has 0 radical (unpaired) electrons. The van der Waals surface area contributed by atoms with Crippen LogP contribution in [0.4, 0.5) is 0 Å². The van der Waals surface area contributed by atoms with Gasteiger partial charge >= 0.3 is 0 Å². The fourth-order valence-electron chi connectivity index (χ4n) is 1.11. The second-order valence-corrected chi connectivity index (χ2v) is 4.02.